The number of aromatic nitrogens is 1. The topological polar surface area (TPSA) is 49.3 Å². The molecular weight excluding hydrogens is 367 g/mol. The summed E-state index contributed by atoms with van der Waals surface area (Å²) >= 11 is 5.01. The van der Waals surface area contributed by atoms with E-state index >= 15 is 0 Å². The number of thiazole rings is 1. The molecule has 0 amide bonds. The molecule has 4 nitrogen and oxygen atoms in total. The van der Waals surface area contributed by atoms with Crippen molar-refractivity contribution >= 4 is 33.2 Å². The lowest BCUT2D eigenvalue weighted by Crippen LogP contribution is -2.37. The molecule has 22 heavy (non-hydrogen) atoms. The summed E-state index contributed by atoms with van der Waals surface area (Å²) in [5.74, 6) is 0.495. The number of nitrogens with one attached hydrogen (secondary N) is 2. The maximum Gasteiger partial charge on any atom is 0.191 e. The Balaban J connectivity index is 1.80. The number of nitrogens with zero attached hydrogens (tertiary/aromatic N) is 2. The molecule has 2 rings (SSSR count). The van der Waals surface area contributed by atoms with E-state index in [9.17, 15) is 4.39 Å². The normalized spacial score (nSPS) is 11.5. The monoisotopic (exact) mass is 384 g/mol. The van der Waals surface area contributed by atoms with Gasteiger partial charge < -0.3 is 10.6 Å². The van der Waals surface area contributed by atoms with Crippen LogP contribution in [-0.4, -0.2) is 24.5 Å². The fraction of sp³-hybridized carbons (Fsp3) is 0.333. The van der Waals surface area contributed by atoms with Crippen LogP contribution in [0.3, 0.4) is 0 Å². The maximum atomic E-state index is 13.6. The molecule has 1 heterocycles. The van der Waals surface area contributed by atoms with Gasteiger partial charge in [-0.25, -0.2) is 9.37 Å². The molecule has 0 bridgehead atoms. The second-order valence-corrected chi connectivity index (χ2v) is 6.94. The summed E-state index contributed by atoms with van der Waals surface area (Å²) in [6, 6.07) is 4.96. The van der Waals surface area contributed by atoms with Crippen molar-refractivity contribution in [3.63, 3.8) is 0 Å². The molecule has 0 radical (unpaired) electrons. The Kier molecular flexibility index (Phi) is 6.33. The smallest absolute Gasteiger partial charge is 0.191 e. The number of hydrogen-bond donors (Lipinski definition) is 2. The molecule has 7 heteroatoms. The van der Waals surface area contributed by atoms with Crippen LogP contribution in [0.1, 0.15) is 15.4 Å². The van der Waals surface area contributed by atoms with E-state index in [2.05, 4.69) is 36.5 Å². The van der Waals surface area contributed by atoms with Crippen molar-refractivity contribution in [1.82, 2.24) is 15.6 Å². The second-order valence-electron chi connectivity index (χ2n) is 4.70. The van der Waals surface area contributed by atoms with E-state index in [4.69, 9.17) is 0 Å². The standard InChI is InChI=1S/C15H18BrFN4S/c1-10-8-20-14(22-10)9-21-15(18-2)19-6-5-11-7-12(16)3-4-13(11)17/h3-4,7-8H,5-6,9H2,1-2H3,(H2,18,19,21). The molecule has 0 spiro atoms. The van der Waals surface area contributed by atoms with Crippen molar-refractivity contribution in [3.05, 3.63) is 50.1 Å². The lowest BCUT2D eigenvalue weighted by atomic mass is 10.1. The fourth-order valence-electron chi connectivity index (χ4n) is 1.91. The van der Waals surface area contributed by atoms with Crippen LogP contribution in [0.5, 0.6) is 0 Å². The van der Waals surface area contributed by atoms with Gasteiger partial charge in [0.05, 0.1) is 6.54 Å². The zero-order valence-electron chi connectivity index (χ0n) is 12.5. The molecule has 0 saturated heterocycles. The van der Waals surface area contributed by atoms with Gasteiger partial charge >= 0.3 is 0 Å². The third-order valence-electron chi connectivity index (χ3n) is 2.99. The van der Waals surface area contributed by atoms with Crippen molar-refractivity contribution in [2.75, 3.05) is 13.6 Å². The summed E-state index contributed by atoms with van der Waals surface area (Å²) in [6.45, 7) is 3.26. The second kappa shape index (κ2) is 8.24. The minimum absolute atomic E-state index is 0.189. The summed E-state index contributed by atoms with van der Waals surface area (Å²) in [5, 5.41) is 7.38. The molecule has 2 N–H and O–H groups in total. The third kappa shape index (κ3) is 5.06. The van der Waals surface area contributed by atoms with Crippen molar-refractivity contribution < 1.29 is 4.39 Å². The maximum absolute atomic E-state index is 13.6. The molecule has 1 aromatic carbocycles. The molecule has 0 fully saturated rings. The third-order valence-corrected chi connectivity index (χ3v) is 4.40. The van der Waals surface area contributed by atoms with Crippen LogP contribution in [0.2, 0.25) is 0 Å². The van der Waals surface area contributed by atoms with Crippen LogP contribution in [0.25, 0.3) is 0 Å². The van der Waals surface area contributed by atoms with E-state index < -0.39 is 0 Å². The van der Waals surface area contributed by atoms with Crippen LogP contribution >= 0.6 is 27.3 Å². The van der Waals surface area contributed by atoms with Crippen molar-refractivity contribution in [3.8, 4) is 0 Å². The van der Waals surface area contributed by atoms with Gasteiger partial charge in [0.25, 0.3) is 0 Å². The largest absolute Gasteiger partial charge is 0.356 e. The van der Waals surface area contributed by atoms with E-state index in [-0.39, 0.29) is 5.82 Å². The molecule has 118 valence electrons. The first-order chi connectivity index (χ1) is 10.6. The van der Waals surface area contributed by atoms with Gasteiger partial charge in [0, 0.05) is 29.1 Å². The van der Waals surface area contributed by atoms with Gasteiger partial charge in [-0.05, 0) is 37.1 Å². The molecule has 1 aromatic heterocycles. The highest BCUT2D eigenvalue weighted by Gasteiger charge is 2.04. The number of benzene rings is 1. The van der Waals surface area contributed by atoms with Crippen LogP contribution in [0, 0.1) is 12.7 Å². The highest BCUT2D eigenvalue weighted by Crippen LogP contribution is 2.15. The fourth-order valence-corrected chi connectivity index (χ4v) is 3.05. The Bertz CT molecular complexity index is 657. The van der Waals surface area contributed by atoms with Gasteiger partial charge in [0.15, 0.2) is 5.96 Å². The zero-order valence-corrected chi connectivity index (χ0v) is 14.9. The van der Waals surface area contributed by atoms with Gasteiger partial charge in [0.1, 0.15) is 10.8 Å². The average molecular weight is 385 g/mol. The van der Waals surface area contributed by atoms with Gasteiger partial charge in [-0.2, -0.15) is 0 Å². The molecule has 0 unspecified atom stereocenters. The van der Waals surface area contributed by atoms with Crippen LogP contribution in [0.4, 0.5) is 4.39 Å². The Morgan fingerprint density at radius 2 is 2.23 bits per heavy atom. The number of aryl methyl sites for hydroxylation is 1. The molecule has 0 saturated carbocycles. The van der Waals surface area contributed by atoms with Crippen molar-refractivity contribution in [2.45, 2.75) is 19.9 Å². The zero-order chi connectivity index (χ0) is 15.9. The van der Waals surface area contributed by atoms with Gasteiger partial charge in [0.2, 0.25) is 0 Å². The minimum Gasteiger partial charge on any atom is -0.356 e. The van der Waals surface area contributed by atoms with Gasteiger partial charge in [-0.15, -0.1) is 11.3 Å². The van der Waals surface area contributed by atoms with Gasteiger partial charge in [-0.3, -0.25) is 4.99 Å². The van der Waals surface area contributed by atoms with Crippen molar-refractivity contribution in [2.24, 2.45) is 4.99 Å². The lowest BCUT2D eigenvalue weighted by molar-refractivity contribution is 0.606. The predicted octanol–water partition coefficient (Wildman–Crippen LogP) is 3.26. The SMILES string of the molecule is CN=C(NCCc1cc(Br)ccc1F)NCc1ncc(C)s1. The Morgan fingerprint density at radius 1 is 1.41 bits per heavy atom. The summed E-state index contributed by atoms with van der Waals surface area (Å²) < 4.78 is 14.5. The Hall–Kier alpha value is -1.47. The first-order valence-corrected chi connectivity index (χ1v) is 8.49. The molecule has 0 aliphatic rings. The highest BCUT2D eigenvalue weighted by atomic mass is 79.9. The Labute approximate surface area is 142 Å². The average Bonchev–Trinajstić information content (AvgIpc) is 2.91. The minimum atomic E-state index is -0.189. The number of rotatable bonds is 5. The number of hydrogen-bond acceptors (Lipinski definition) is 3. The molecule has 0 aliphatic carbocycles. The summed E-state index contributed by atoms with van der Waals surface area (Å²) in [5.41, 5.74) is 0.674. The Morgan fingerprint density at radius 3 is 2.91 bits per heavy atom. The first kappa shape index (κ1) is 16.9. The highest BCUT2D eigenvalue weighted by molar-refractivity contribution is 9.10. The van der Waals surface area contributed by atoms with E-state index in [0.717, 1.165) is 9.48 Å². The molecule has 0 atom stereocenters. The van der Waals surface area contributed by atoms with Crippen molar-refractivity contribution in [1.29, 1.82) is 0 Å². The molecular formula is C15H18BrFN4S. The summed E-state index contributed by atoms with van der Waals surface area (Å²) in [7, 11) is 1.71. The number of aliphatic imine (C=N–C) groups is 1. The van der Waals surface area contributed by atoms with Crippen LogP contribution in [-0.2, 0) is 13.0 Å². The number of guanidine groups is 1. The molecule has 0 aliphatic heterocycles. The van der Waals surface area contributed by atoms with E-state index in [1.807, 2.05) is 13.1 Å². The van der Waals surface area contributed by atoms with Crippen LogP contribution in [0.15, 0.2) is 33.9 Å². The predicted molar refractivity (Wildman–Crippen MR) is 92.9 cm³/mol. The quantitative estimate of drug-likeness (QED) is 0.614. The van der Waals surface area contributed by atoms with E-state index in [0.29, 0.717) is 31.0 Å². The van der Waals surface area contributed by atoms with E-state index in [1.54, 1.807) is 30.5 Å². The lowest BCUT2D eigenvalue weighted by Gasteiger charge is -2.11. The van der Waals surface area contributed by atoms with Crippen LogP contribution < -0.4 is 10.6 Å². The van der Waals surface area contributed by atoms with Gasteiger partial charge in [-0.1, -0.05) is 15.9 Å². The molecule has 2 aromatic rings. The summed E-state index contributed by atoms with van der Waals surface area (Å²) in [4.78, 5) is 9.62. The summed E-state index contributed by atoms with van der Waals surface area (Å²) in [6.07, 6.45) is 2.44. The first-order valence-electron chi connectivity index (χ1n) is 6.88. The van der Waals surface area contributed by atoms with E-state index in [1.165, 1.54) is 10.9 Å². The number of halogens is 2.